The van der Waals surface area contributed by atoms with Crippen LogP contribution in [0.1, 0.15) is 6.42 Å². The first-order chi connectivity index (χ1) is 9.06. The highest BCUT2D eigenvalue weighted by Crippen LogP contribution is 2.22. The van der Waals surface area contributed by atoms with Crippen LogP contribution >= 0.6 is 11.8 Å². The average Bonchev–Trinajstić information content (AvgIpc) is 2.73. The number of halogens is 1. The van der Waals surface area contributed by atoms with E-state index in [-0.39, 0.29) is 12.2 Å². The van der Waals surface area contributed by atoms with Crippen LogP contribution in [-0.2, 0) is 4.79 Å². The number of aliphatic carboxylic acids is 1. The number of carboxylic acid groups (broad SMARTS) is 1. The van der Waals surface area contributed by atoms with E-state index >= 15 is 0 Å². The van der Waals surface area contributed by atoms with E-state index in [1.165, 1.54) is 12.1 Å². The van der Waals surface area contributed by atoms with Crippen LogP contribution in [0.2, 0.25) is 0 Å². The zero-order chi connectivity index (χ0) is 13.8. The van der Waals surface area contributed by atoms with Crippen molar-refractivity contribution in [2.75, 3.05) is 18.8 Å². The smallest absolute Gasteiger partial charge is 0.321 e. The van der Waals surface area contributed by atoms with E-state index in [4.69, 9.17) is 5.11 Å². The van der Waals surface area contributed by atoms with Gasteiger partial charge in [0.2, 0.25) is 0 Å². The summed E-state index contributed by atoms with van der Waals surface area (Å²) in [6.07, 6.45) is -0.270. The number of rotatable bonds is 5. The maximum atomic E-state index is 12.7. The van der Waals surface area contributed by atoms with Crippen molar-refractivity contribution in [2.24, 2.45) is 0 Å². The minimum absolute atomic E-state index is 0.266. The molecule has 2 rings (SSSR count). The van der Waals surface area contributed by atoms with Gasteiger partial charge in [-0.1, -0.05) is 0 Å². The van der Waals surface area contributed by atoms with Gasteiger partial charge >= 0.3 is 5.97 Å². The first-order valence-corrected chi connectivity index (χ1v) is 7.08. The quantitative estimate of drug-likeness (QED) is 0.802. The fourth-order valence-electron chi connectivity index (χ4n) is 2.19. The molecule has 0 amide bonds. The second kappa shape index (κ2) is 6.36. The first kappa shape index (κ1) is 14.3. The van der Waals surface area contributed by atoms with Gasteiger partial charge in [-0.15, -0.1) is 11.8 Å². The van der Waals surface area contributed by atoms with Gasteiger partial charge in [0.05, 0.1) is 6.10 Å². The van der Waals surface area contributed by atoms with Gasteiger partial charge in [0.25, 0.3) is 0 Å². The summed E-state index contributed by atoms with van der Waals surface area (Å²) in [6, 6.07) is 5.62. The molecular formula is C13H16FNO3S. The highest BCUT2D eigenvalue weighted by atomic mass is 32.2. The van der Waals surface area contributed by atoms with Crippen molar-refractivity contribution < 1.29 is 19.4 Å². The normalized spacial score (nSPS) is 23.7. The number of β-amino-alcohol motifs (C(OH)–C–C–N with tert-alkyl or cyclic N) is 1. The van der Waals surface area contributed by atoms with E-state index < -0.39 is 18.1 Å². The third-order valence-corrected chi connectivity index (χ3v) is 4.12. The molecule has 6 heteroatoms. The number of likely N-dealkylation sites (tertiary alicyclic amines) is 1. The number of carboxylic acids is 1. The predicted octanol–water partition coefficient (Wildman–Crippen LogP) is 1.44. The van der Waals surface area contributed by atoms with Gasteiger partial charge in [0.1, 0.15) is 11.9 Å². The van der Waals surface area contributed by atoms with E-state index in [2.05, 4.69) is 0 Å². The fraction of sp³-hybridized carbons (Fsp3) is 0.462. The molecule has 0 spiro atoms. The minimum atomic E-state index is -0.886. The van der Waals surface area contributed by atoms with Crippen molar-refractivity contribution in [3.8, 4) is 0 Å². The molecule has 2 unspecified atom stereocenters. The SMILES string of the molecule is O=C(O)C1CC(O)CN1CCSc1ccc(F)cc1. The van der Waals surface area contributed by atoms with Crippen LogP contribution in [0.25, 0.3) is 0 Å². The van der Waals surface area contributed by atoms with Crippen molar-refractivity contribution in [1.29, 1.82) is 0 Å². The molecule has 1 aliphatic heterocycles. The van der Waals surface area contributed by atoms with E-state index in [1.54, 1.807) is 28.8 Å². The van der Waals surface area contributed by atoms with E-state index in [0.29, 0.717) is 18.8 Å². The number of thioether (sulfide) groups is 1. The third-order valence-electron chi connectivity index (χ3n) is 3.13. The Morgan fingerprint density at radius 3 is 2.74 bits per heavy atom. The lowest BCUT2D eigenvalue weighted by Crippen LogP contribution is -2.37. The summed E-state index contributed by atoms with van der Waals surface area (Å²) in [6.45, 7) is 0.997. The first-order valence-electron chi connectivity index (χ1n) is 6.09. The Bertz CT molecular complexity index is 440. The molecular weight excluding hydrogens is 269 g/mol. The third kappa shape index (κ3) is 3.92. The monoisotopic (exact) mass is 285 g/mol. The molecule has 104 valence electrons. The standard InChI is InChI=1S/C13H16FNO3S/c14-9-1-3-11(4-2-9)19-6-5-15-8-10(16)7-12(15)13(17)18/h1-4,10,12,16H,5-8H2,(H,17,18). The highest BCUT2D eigenvalue weighted by molar-refractivity contribution is 7.99. The zero-order valence-corrected chi connectivity index (χ0v) is 11.1. The highest BCUT2D eigenvalue weighted by Gasteiger charge is 2.35. The average molecular weight is 285 g/mol. The number of hydrogen-bond donors (Lipinski definition) is 2. The Balaban J connectivity index is 1.81. The molecule has 4 nitrogen and oxygen atoms in total. The zero-order valence-electron chi connectivity index (χ0n) is 10.3. The number of aliphatic hydroxyl groups excluding tert-OH is 1. The number of nitrogens with zero attached hydrogens (tertiary/aromatic N) is 1. The van der Waals surface area contributed by atoms with Gasteiger partial charge in [-0.05, 0) is 24.3 Å². The minimum Gasteiger partial charge on any atom is -0.480 e. The summed E-state index contributed by atoms with van der Waals surface area (Å²) in [5, 5.41) is 18.6. The van der Waals surface area contributed by atoms with Gasteiger partial charge in [-0.3, -0.25) is 9.69 Å². The number of carbonyl (C=O) groups is 1. The summed E-state index contributed by atoms with van der Waals surface area (Å²) >= 11 is 1.55. The lowest BCUT2D eigenvalue weighted by molar-refractivity contribution is -0.142. The van der Waals surface area contributed by atoms with Crippen LogP contribution in [-0.4, -0.2) is 52.1 Å². The van der Waals surface area contributed by atoms with Gasteiger partial charge < -0.3 is 10.2 Å². The Kier molecular flexibility index (Phi) is 4.79. The maximum absolute atomic E-state index is 12.7. The largest absolute Gasteiger partial charge is 0.480 e. The van der Waals surface area contributed by atoms with Crippen LogP contribution in [0.4, 0.5) is 4.39 Å². The summed E-state index contributed by atoms with van der Waals surface area (Å²) in [5.41, 5.74) is 0. The van der Waals surface area contributed by atoms with Crippen LogP contribution in [0, 0.1) is 5.82 Å². The van der Waals surface area contributed by atoms with Crippen LogP contribution in [0.5, 0.6) is 0 Å². The Labute approximate surface area is 115 Å². The summed E-state index contributed by atoms with van der Waals surface area (Å²) < 4.78 is 12.7. The Morgan fingerprint density at radius 2 is 2.11 bits per heavy atom. The van der Waals surface area contributed by atoms with Crippen molar-refractivity contribution in [1.82, 2.24) is 4.90 Å². The molecule has 19 heavy (non-hydrogen) atoms. The molecule has 2 N–H and O–H groups in total. The summed E-state index contributed by atoms with van der Waals surface area (Å²) in [7, 11) is 0. The van der Waals surface area contributed by atoms with Gasteiger partial charge in [-0.2, -0.15) is 0 Å². The Hall–Kier alpha value is -1.11. The second-order valence-electron chi connectivity index (χ2n) is 4.54. The van der Waals surface area contributed by atoms with Crippen molar-refractivity contribution in [3.05, 3.63) is 30.1 Å². The molecule has 1 aromatic carbocycles. The van der Waals surface area contributed by atoms with E-state index in [9.17, 15) is 14.3 Å². The fourth-order valence-corrected chi connectivity index (χ4v) is 3.08. The van der Waals surface area contributed by atoms with Crippen LogP contribution in [0.3, 0.4) is 0 Å². The van der Waals surface area contributed by atoms with Crippen LogP contribution < -0.4 is 0 Å². The molecule has 0 bridgehead atoms. The number of benzene rings is 1. The van der Waals surface area contributed by atoms with Crippen molar-refractivity contribution >= 4 is 17.7 Å². The second-order valence-corrected chi connectivity index (χ2v) is 5.71. The predicted molar refractivity (Wildman–Crippen MR) is 70.7 cm³/mol. The molecule has 0 saturated carbocycles. The van der Waals surface area contributed by atoms with Crippen molar-refractivity contribution in [2.45, 2.75) is 23.5 Å². The lowest BCUT2D eigenvalue weighted by atomic mass is 10.2. The number of aliphatic hydroxyl groups is 1. The molecule has 0 aromatic heterocycles. The molecule has 1 aliphatic rings. The lowest BCUT2D eigenvalue weighted by Gasteiger charge is -2.20. The molecule has 1 saturated heterocycles. The summed E-state index contributed by atoms with van der Waals surface area (Å²) in [4.78, 5) is 13.8. The summed E-state index contributed by atoms with van der Waals surface area (Å²) in [5.74, 6) is -0.441. The van der Waals surface area contributed by atoms with Gasteiger partial charge in [-0.25, -0.2) is 4.39 Å². The van der Waals surface area contributed by atoms with E-state index in [1.807, 2.05) is 0 Å². The van der Waals surface area contributed by atoms with Gasteiger partial charge in [0.15, 0.2) is 0 Å². The van der Waals surface area contributed by atoms with E-state index in [0.717, 1.165) is 4.90 Å². The molecule has 1 aromatic rings. The maximum Gasteiger partial charge on any atom is 0.321 e. The molecule has 0 aliphatic carbocycles. The molecule has 0 radical (unpaired) electrons. The number of hydrogen-bond acceptors (Lipinski definition) is 4. The van der Waals surface area contributed by atoms with Crippen molar-refractivity contribution in [3.63, 3.8) is 0 Å². The molecule has 1 fully saturated rings. The molecule has 1 heterocycles. The molecule has 2 atom stereocenters. The van der Waals surface area contributed by atoms with Crippen LogP contribution in [0.15, 0.2) is 29.2 Å². The van der Waals surface area contributed by atoms with Gasteiger partial charge in [0, 0.05) is 30.2 Å². The topological polar surface area (TPSA) is 60.8 Å². The Morgan fingerprint density at radius 1 is 1.42 bits per heavy atom.